The van der Waals surface area contributed by atoms with Crippen molar-refractivity contribution in [2.45, 2.75) is 4.99 Å². The van der Waals surface area contributed by atoms with Crippen LogP contribution in [0.25, 0.3) is 0 Å². The van der Waals surface area contributed by atoms with Crippen LogP contribution in [-0.4, -0.2) is 25.8 Å². The molecule has 0 amide bonds. The Kier molecular flexibility index (Phi) is 1.51. The van der Waals surface area contributed by atoms with Crippen LogP contribution in [0.2, 0.25) is 0 Å². The number of nitrogens with zero attached hydrogens (tertiary/aromatic N) is 3. The van der Waals surface area contributed by atoms with E-state index in [1.54, 1.807) is 0 Å². The average molecular weight is 172 g/mol. The lowest BCUT2D eigenvalue weighted by atomic mass is 10.6. The molecule has 0 saturated carbocycles. The third kappa shape index (κ3) is 1.02. The quantitative estimate of drug-likeness (QED) is 0.525. The third-order valence-corrected chi connectivity index (χ3v) is 2.20. The van der Waals surface area contributed by atoms with Gasteiger partial charge in [-0.05, 0) is 0 Å². The molecule has 0 unspecified atom stereocenters. The fourth-order valence-corrected chi connectivity index (χ4v) is 1.11. The summed E-state index contributed by atoms with van der Waals surface area (Å²) in [6.45, 7) is 0. The lowest BCUT2D eigenvalue weighted by Crippen LogP contribution is -2.37. The first kappa shape index (κ1) is 7.84. The maximum Gasteiger partial charge on any atom is 0.354 e. The minimum atomic E-state index is -4.07. The minimum absolute atomic E-state index is 1.12. The molecular weight excluding hydrogens is 168 g/mol. The molecule has 0 saturated heterocycles. The molecule has 1 aliphatic heterocycles. The summed E-state index contributed by atoms with van der Waals surface area (Å²) in [5, 5.41) is 13.1. The molecule has 1 heterocycles. The van der Waals surface area contributed by atoms with Gasteiger partial charge in [0.25, 0.3) is 10.0 Å². The molecule has 1 aliphatic rings. The van der Waals surface area contributed by atoms with E-state index in [0.29, 0.717) is 0 Å². The third-order valence-electron chi connectivity index (χ3n) is 1.11. The predicted molar refractivity (Wildman–Crippen MR) is 38.4 cm³/mol. The van der Waals surface area contributed by atoms with E-state index in [1.165, 1.54) is 6.07 Å². The molecule has 0 aromatic rings. The first-order chi connectivity index (χ1) is 5.02. The molecular formula is C4H4N4O2S. The summed E-state index contributed by atoms with van der Waals surface area (Å²) in [7, 11) is -4.07. The molecule has 0 fully saturated rings. The normalized spacial score (nSPS) is 20.0. The number of primary sulfonamides is 1. The molecule has 1 rings (SSSR count). The summed E-state index contributed by atoms with van der Waals surface area (Å²) in [6, 6.07) is 1.41. The van der Waals surface area contributed by atoms with Crippen molar-refractivity contribution in [3.8, 4) is 6.07 Å². The zero-order chi connectivity index (χ0) is 8.54. The first-order valence-corrected chi connectivity index (χ1v) is 4.09. The van der Waals surface area contributed by atoms with Gasteiger partial charge in [-0.1, -0.05) is 0 Å². The monoisotopic (exact) mass is 172 g/mol. The van der Waals surface area contributed by atoms with Gasteiger partial charge < -0.3 is 0 Å². The smallest absolute Gasteiger partial charge is 0.233 e. The number of rotatable bonds is 1. The van der Waals surface area contributed by atoms with Gasteiger partial charge >= 0.3 is 4.99 Å². The fourth-order valence-electron chi connectivity index (χ4n) is 0.570. The van der Waals surface area contributed by atoms with Crippen molar-refractivity contribution in [2.24, 2.45) is 15.1 Å². The van der Waals surface area contributed by atoms with E-state index in [1.807, 2.05) is 0 Å². The van der Waals surface area contributed by atoms with Crippen LogP contribution in [-0.2, 0) is 10.0 Å². The number of sulfonamides is 1. The number of nitriles is 1. The van der Waals surface area contributed by atoms with Crippen molar-refractivity contribution in [1.82, 2.24) is 0 Å². The number of hydrogen-bond acceptors (Lipinski definition) is 5. The van der Waals surface area contributed by atoms with Gasteiger partial charge in [0.15, 0.2) is 0 Å². The Morgan fingerprint density at radius 3 is 2.09 bits per heavy atom. The van der Waals surface area contributed by atoms with Crippen LogP contribution in [0.3, 0.4) is 0 Å². The first-order valence-electron chi connectivity index (χ1n) is 2.54. The zero-order valence-corrected chi connectivity index (χ0v) is 6.11. The number of aliphatic imine (C=N–C) groups is 2. The lowest BCUT2D eigenvalue weighted by molar-refractivity contribution is 0.569. The number of hydrogen-bond donors (Lipinski definition) is 1. The molecule has 7 heteroatoms. The Hall–Kier alpha value is -1.26. The van der Waals surface area contributed by atoms with E-state index >= 15 is 0 Å². The van der Waals surface area contributed by atoms with Crippen LogP contribution < -0.4 is 5.14 Å². The molecule has 0 atom stereocenters. The maximum atomic E-state index is 10.7. The largest absolute Gasteiger partial charge is 0.354 e. The molecule has 2 N–H and O–H groups in total. The fraction of sp³-hybridized carbons (Fsp3) is 0.250. The van der Waals surface area contributed by atoms with E-state index in [-0.39, 0.29) is 0 Å². The van der Waals surface area contributed by atoms with Crippen molar-refractivity contribution in [1.29, 1.82) is 5.26 Å². The second-order valence-corrected chi connectivity index (χ2v) is 3.48. The average Bonchev–Trinajstić information content (AvgIpc) is 2.33. The summed E-state index contributed by atoms with van der Waals surface area (Å²) in [4.78, 5) is 4.54. The van der Waals surface area contributed by atoms with E-state index in [0.717, 1.165) is 12.4 Å². The van der Waals surface area contributed by atoms with Crippen LogP contribution in [0.15, 0.2) is 9.98 Å². The van der Waals surface area contributed by atoms with Crippen LogP contribution in [0.4, 0.5) is 0 Å². The van der Waals surface area contributed by atoms with Gasteiger partial charge in [0.1, 0.15) is 6.07 Å². The highest BCUT2D eigenvalue weighted by Gasteiger charge is 2.42. The Morgan fingerprint density at radius 2 is 1.91 bits per heavy atom. The Labute approximate surface area is 63.1 Å². The van der Waals surface area contributed by atoms with Crippen LogP contribution in [0.5, 0.6) is 0 Å². The lowest BCUT2D eigenvalue weighted by Gasteiger charge is -2.09. The molecule has 0 aliphatic carbocycles. The standard InChI is InChI=1S/C4H4N4O2S/c5-3-4(11(6,9)10)7-1-2-8-4/h1-2H,(H2,6,9,10). The van der Waals surface area contributed by atoms with Crippen molar-refractivity contribution in [3.63, 3.8) is 0 Å². The zero-order valence-electron chi connectivity index (χ0n) is 5.30. The summed E-state index contributed by atoms with van der Waals surface area (Å²) in [5.41, 5.74) is 0. The Bertz CT molecular complexity index is 348. The van der Waals surface area contributed by atoms with Gasteiger partial charge in [-0.2, -0.15) is 5.26 Å². The highest BCUT2D eigenvalue weighted by Crippen LogP contribution is 2.18. The van der Waals surface area contributed by atoms with Crippen LogP contribution in [0, 0.1) is 11.3 Å². The minimum Gasteiger partial charge on any atom is -0.233 e. The van der Waals surface area contributed by atoms with Crippen molar-refractivity contribution >= 4 is 22.5 Å². The summed E-state index contributed by atoms with van der Waals surface area (Å²) in [6.07, 6.45) is 2.24. The van der Waals surface area contributed by atoms with Gasteiger partial charge in [0.2, 0.25) is 0 Å². The van der Waals surface area contributed by atoms with E-state index in [2.05, 4.69) is 9.98 Å². The van der Waals surface area contributed by atoms with E-state index < -0.39 is 15.0 Å². The van der Waals surface area contributed by atoms with Gasteiger partial charge in [0, 0.05) is 12.4 Å². The highest BCUT2D eigenvalue weighted by atomic mass is 32.2. The topological polar surface area (TPSA) is 109 Å². The summed E-state index contributed by atoms with van der Waals surface area (Å²) < 4.78 is 21.4. The summed E-state index contributed by atoms with van der Waals surface area (Å²) >= 11 is 0. The van der Waals surface area contributed by atoms with Gasteiger partial charge in [0.05, 0.1) is 0 Å². The molecule has 0 aromatic carbocycles. The van der Waals surface area contributed by atoms with Crippen molar-refractivity contribution in [2.75, 3.05) is 0 Å². The Morgan fingerprint density at radius 1 is 1.45 bits per heavy atom. The van der Waals surface area contributed by atoms with Gasteiger partial charge in [-0.3, -0.25) is 0 Å². The Balaban J connectivity index is 3.30. The summed E-state index contributed by atoms with van der Waals surface area (Å²) in [5.74, 6) is 0. The second-order valence-electron chi connectivity index (χ2n) is 1.82. The van der Waals surface area contributed by atoms with Crippen molar-refractivity contribution in [3.05, 3.63) is 0 Å². The van der Waals surface area contributed by atoms with Gasteiger partial charge in [-0.25, -0.2) is 23.5 Å². The maximum absolute atomic E-state index is 10.7. The molecule has 0 radical (unpaired) electrons. The molecule has 11 heavy (non-hydrogen) atoms. The predicted octanol–water partition coefficient (Wildman–Crippen LogP) is -1.39. The molecule has 0 aromatic heterocycles. The van der Waals surface area contributed by atoms with E-state index in [4.69, 9.17) is 10.4 Å². The SMILES string of the molecule is N#CC1(S(N)(=O)=O)N=CC=N1. The van der Waals surface area contributed by atoms with Crippen molar-refractivity contribution < 1.29 is 8.42 Å². The molecule has 0 bridgehead atoms. The molecule has 6 nitrogen and oxygen atoms in total. The van der Waals surface area contributed by atoms with Crippen LogP contribution in [0.1, 0.15) is 0 Å². The molecule has 58 valence electrons. The number of nitrogens with two attached hydrogens (primary N) is 1. The van der Waals surface area contributed by atoms with Crippen LogP contribution >= 0.6 is 0 Å². The molecule has 0 spiro atoms. The second kappa shape index (κ2) is 2.11. The van der Waals surface area contributed by atoms with E-state index in [9.17, 15) is 8.42 Å². The highest BCUT2D eigenvalue weighted by molar-refractivity contribution is 7.90. The van der Waals surface area contributed by atoms with Gasteiger partial charge in [-0.15, -0.1) is 0 Å².